The van der Waals surface area contributed by atoms with Gasteiger partial charge in [0.1, 0.15) is 11.4 Å². The van der Waals surface area contributed by atoms with Crippen molar-refractivity contribution < 1.29 is 23.5 Å². The average molecular weight is 325 g/mol. The van der Waals surface area contributed by atoms with Crippen LogP contribution in [0.2, 0.25) is 0 Å². The molecule has 1 aromatic rings. The van der Waals surface area contributed by atoms with Gasteiger partial charge in [-0.15, -0.1) is 0 Å². The first-order valence-electron chi connectivity index (χ1n) is 7.78. The minimum Gasteiger partial charge on any atom is -0.465 e. The van der Waals surface area contributed by atoms with E-state index in [0.717, 1.165) is 0 Å². The monoisotopic (exact) mass is 325 g/mol. The van der Waals surface area contributed by atoms with E-state index in [9.17, 15) is 9.59 Å². The number of amides is 1. The Morgan fingerprint density at radius 2 is 1.96 bits per heavy atom. The molecule has 0 bridgehead atoms. The lowest BCUT2D eigenvalue weighted by molar-refractivity contribution is -0.149. The minimum absolute atomic E-state index is 0.281. The summed E-state index contributed by atoms with van der Waals surface area (Å²) in [6.45, 7) is 10.8. The van der Waals surface area contributed by atoms with Crippen LogP contribution in [0.15, 0.2) is 22.8 Å². The summed E-state index contributed by atoms with van der Waals surface area (Å²) in [4.78, 5) is 23.6. The fraction of sp³-hybridized carbons (Fsp3) is 0.647. The number of hydrogen-bond donors (Lipinski definition) is 1. The first-order valence-corrected chi connectivity index (χ1v) is 7.78. The van der Waals surface area contributed by atoms with Crippen LogP contribution in [0, 0.1) is 5.92 Å². The zero-order valence-corrected chi connectivity index (χ0v) is 14.7. The van der Waals surface area contributed by atoms with E-state index in [2.05, 4.69) is 5.32 Å². The number of hydrogen-bond acceptors (Lipinski definition) is 5. The molecule has 1 N–H and O–H groups in total. The van der Waals surface area contributed by atoms with Gasteiger partial charge in [0, 0.05) is 6.92 Å². The van der Waals surface area contributed by atoms with Crippen LogP contribution in [-0.2, 0) is 14.3 Å². The molecule has 1 heterocycles. The molecule has 0 saturated heterocycles. The molecule has 6 nitrogen and oxygen atoms in total. The van der Waals surface area contributed by atoms with Gasteiger partial charge in [-0.1, -0.05) is 13.8 Å². The van der Waals surface area contributed by atoms with E-state index in [0.29, 0.717) is 12.2 Å². The van der Waals surface area contributed by atoms with Gasteiger partial charge in [0.2, 0.25) is 0 Å². The molecule has 0 radical (unpaired) electrons. The number of nitrogens with one attached hydrogen (secondary N) is 1. The van der Waals surface area contributed by atoms with E-state index in [1.807, 2.05) is 13.8 Å². The molecule has 2 atom stereocenters. The van der Waals surface area contributed by atoms with Crippen molar-refractivity contribution in [2.75, 3.05) is 0 Å². The Morgan fingerprint density at radius 1 is 1.30 bits per heavy atom. The Balaban J connectivity index is 2.95. The van der Waals surface area contributed by atoms with Crippen molar-refractivity contribution in [3.63, 3.8) is 0 Å². The second kappa shape index (κ2) is 8.04. The Hall–Kier alpha value is -1.98. The van der Waals surface area contributed by atoms with E-state index >= 15 is 0 Å². The van der Waals surface area contributed by atoms with Gasteiger partial charge in [0.25, 0.3) is 0 Å². The van der Waals surface area contributed by atoms with Crippen molar-refractivity contribution in [1.82, 2.24) is 5.32 Å². The largest absolute Gasteiger partial charge is 0.465 e. The Bertz CT molecular complexity index is 502. The SMILES string of the molecule is CC(=O)O[C@H](c1ccco1)[C@H](CC(C)C)NC(=O)OC(C)(C)C. The lowest BCUT2D eigenvalue weighted by Crippen LogP contribution is -2.44. The number of furan rings is 1. The highest BCUT2D eigenvalue weighted by Gasteiger charge is 2.31. The van der Waals surface area contributed by atoms with Crippen LogP contribution in [0.1, 0.15) is 59.8 Å². The van der Waals surface area contributed by atoms with Gasteiger partial charge in [0.15, 0.2) is 6.10 Å². The third-order valence-corrected chi connectivity index (χ3v) is 2.91. The quantitative estimate of drug-likeness (QED) is 0.804. The predicted molar refractivity (Wildman–Crippen MR) is 85.8 cm³/mol. The maximum absolute atomic E-state index is 12.1. The zero-order valence-electron chi connectivity index (χ0n) is 14.7. The van der Waals surface area contributed by atoms with Crippen molar-refractivity contribution in [3.8, 4) is 0 Å². The van der Waals surface area contributed by atoms with Crippen molar-refractivity contribution in [3.05, 3.63) is 24.2 Å². The van der Waals surface area contributed by atoms with Crippen LogP contribution >= 0.6 is 0 Å². The molecule has 0 fully saturated rings. The number of carbonyl (C=O) groups excluding carboxylic acids is 2. The van der Waals surface area contributed by atoms with Gasteiger partial charge >= 0.3 is 12.1 Å². The third kappa shape index (κ3) is 7.21. The number of alkyl carbamates (subject to hydrolysis) is 1. The lowest BCUT2D eigenvalue weighted by atomic mass is 9.97. The second-order valence-corrected chi connectivity index (χ2v) is 6.93. The third-order valence-electron chi connectivity index (χ3n) is 2.91. The summed E-state index contributed by atoms with van der Waals surface area (Å²) in [7, 11) is 0. The van der Waals surface area contributed by atoms with E-state index in [-0.39, 0.29) is 5.92 Å². The second-order valence-electron chi connectivity index (χ2n) is 6.93. The fourth-order valence-corrected chi connectivity index (χ4v) is 2.20. The van der Waals surface area contributed by atoms with Gasteiger partial charge in [-0.05, 0) is 45.2 Å². The standard InChI is InChI=1S/C17H27NO5/c1-11(2)10-13(18-16(20)23-17(4,5)6)15(22-12(3)19)14-8-7-9-21-14/h7-9,11,13,15H,10H2,1-6H3,(H,18,20)/t13-,15-/m0/s1. The van der Waals surface area contributed by atoms with Gasteiger partial charge < -0.3 is 19.2 Å². The summed E-state index contributed by atoms with van der Waals surface area (Å²) in [5.41, 5.74) is -0.603. The van der Waals surface area contributed by atoms with Crippen molar-refractivity contribution in [2.45, 2.75) is 65.7 Å². The molecule has 0 saturated carbocycles. The van der Waals surface area contributed by atoms with Gasteiger partial charge in [-0.3, -0.25) is 4.79 Å². The van der Waals surface area contributed by atoms with Gasteiger partial charge in [-0.2, -0.15) is 0 Å². The molecule has 130 valence electrons. The number of ether oxygens (including phenoxy) is 2. The summed E-state index contributed by atoms with van der Waals surface area (Å²) in [5, 5.41) is 2.80. The smallest absolute Gasteiger partial charge is 0.408 e. The molecule has 6 heteroatoms. The van der Waals surface area contributed by atoms with E-state index in [1.165, 1.54) is 13.2 Å². The minimum atomic E-state index is -0.697. The first-order chi connectivity index (χ1) is 10.6. The molecular formula is C17H27NO5. The lowest BCUT2D eigenvalue weighted by Gasteiger charge is -2.29. The van der Waals surface area contributed by atoms with Gasteiger partial charge in [0.05, 0.1) is 12.3 Å². The topological polar surface area (TPSA) is 77.8 Å². The summed E-state index contributed by atoms with van der Waals surface area (Å²) in [6.07, 6.45) is 0.869. The van der Waals surface area contributed by atoms with Crippen LogP contribution in [0.3, 0.4) is 0 Å². The van der Waals surface area contributed by atoms with Crippen molar-refractivity contribution >= 4 is 12.1 Å². The molecular weight excluding hydrogens is 298 g/mol. The number of esters is 1. The van der Waals surface area contributed by atoms with Crippen LogP contribution in [0.4, 0.5) is 4.79 Å². The van der Waals surface area contributed by atoms with Crippen molar-refractivity contribution in [2.24, 2.45) is 5.92 Å². The molecule has 1 amide bonds. The average Bonchev–Trinajstić information content (AvgIpc) is 2.85. The van der Waals surface area contributed by atoms with Crippen LogP contribution in [0.5, 0.6) is 0 Å². The van der Waals surface area contributed by atoms with Crippen LogP contribution < -0.4 is 5.32 Å². The molecule has 0 unspecified atom stereocenters. The number of rotatable bonds is 6. The van der Waals surface area contributed by atoms with Crippen LogP contribution in [0.25, 0.3) is 0 Å². The first kappa shape index (κ1) is 19.1. The Morgan fingerprint density at radius 3 is 2.39 bits per heavy atom. The van der Waals surface area contributed by atoms with E-state index in [4.69, 9.17) is 13.9 Å². The highest BCUT2D eigenvalue weighted by molar-refractivity contribution is 5.69. The molecule has 1 rings (SSSR count). The summed E-state index contributed by atoms with van der Waals surface area (Å²) in [5.74, 6) is 0.330. The summed E-state index contributed by atoms with van der Waals surface area (Å²) in [6, 6.07) is 2.99. The van der Waals surface area contributed by atoms with Crippen molar-refractivity contribution in [1.29, 1.82) is 0 Å². The Kier molecular flexibility index (Phi) is 6.66. The highest BCUT2D eigenvalue weighted by Crippen LogP contribution is 2.26. The summed E-state index contributed by atoms with van der Waals surface area (Å²) >= 11 is 0. The van der Waals surface area contributed by atoms with E-state index < -0.39 is 29.8 Å². The molecule has 0 aliphatic carbocycles. The normalized spacial score (nSPS) is 14.2. The van der Waals surface area contributed by atoms with Crippen LogP contribution in [-0.4, -0.2) is 23.7 Å². The molecule has 23 heavy (non-hydrogen) atoms. The maximum Gasteiger partial charge on any atom is 0.408 e. The predicted octanol–water partition coefficient (Wildman–Crippen LogP) is 3.82. The zero-order chi connectivity index (χ0) is 17.6. The molecule has 0 aromatic carbocycles. The molecule has 0 aliphatic rings. The highest BCUT2D eigenvalue weighted by atomic mass is 16.6. The van der Waals surface area contributed by atoms with Gasteiger partial charge in [-0.25, -0.2) is 4.79 Å². The Labute approximate surface area is 137 Å². The fourth-order valence-electron chi connectivity index (χ4n) is 2.20. The molecule has 1 aromatic heterocycles. The number of carbonyl (C=O) groups is 2. The molecule has 0 aliphatic heterocycles. The van der Waals surface area contributed by atoms with E-state index in [1.54, 1.807) is 32.9 Å². The maximum atomic E-state index is 12.1. The molecule has 0 spiro atoms. The summed E-state index contributed by atoms with van der Waals surface area (Å²) < 4.78 is 16.1.